The van der Waals surface area contributed by atoms with Gasteiger partial charge in [-0.2, -0.15) is 13.2 Å². The fourth-order valence-electron chi connectivity index (χ4n) is 3.98. The predicted molar refractivity (Wildman–Crippen MR) is 168 cm³/mol. The summed E-state index contributed by atoms with van der Waals surface area (Å²) in [5, 5.41) is 25.8. The number of pyridine rings is 2. The predicted octanol–water partition coefficient (Wildman–Crippen LogP) is 7.92. The van der Waals surface area contributed by atoms with E-state index in [4.69, 9.17) is 15.3 Å². The van der Waals surface area contributed by atoms with Crippen molar-refractivity contribution in [2.24, 2.45) is 0 Å². The van der Waals surface area contributed by atoms with Crippen LogP contribution in [0.25, 0.3) is 0 Å². The molecule has 2 aromatic heterocycles. The van der Waals surface area contributed by atoms with Crippen LogP contribution in [0.15, 0.2) is 76.8 Å². The van der Waals surface area contributed by atoms with Crippen molar-refractivity contribution in [2.45, 2.75) is 68.8 Å². The standard InChI is InChI=1S/C17H17FO2S.C9H8F3NO2.C8H8FNO2/c1-11(2)12-3-6-15(7-4-12)21-16-8-5-14(18)9-13(16)10-17(19)20;1-5-2-6(9(10,11)12)4-13-7(5)3-8(14)15;1-5-2-6(9)4-10-7(5)3-8(11)12/h3-9,11H,10H2,1-2H3,(H,19,20);2,4H,3H2,1H3,(H,14,15);2,4H,3H2,1H3,(H,11,12). The first kappa shape index (κ1) is 39.3. The van der Waals surface area contributed by atoms with Crippen molar-refractivity contribution in [3.05, 3.63) is 118 Å². The van der Waals surface area contributed by atoms with Crippen molar-refractivity contribution >= 4 is 29.7 Å². The highest BCUT2D eigenvalue weighted by Crippen LogP contribution is 2.32. The number of aromatic nitrogens is 2. The van der Waals surface area contributed by atoms with E-state index in [1.807, 2.05) is 12.1 Å². The van der Waals surface area contributed by atoms with Gasteiger partial charge in [-0.1, -0.05) is 37.7 Å². The van der Waals surface area contributed by atoms with Gasteiger partial charge in [-0.15, -0.1) is 0 Å². The van der Waals surface area contributed by atoms with Gasteiger partial charge in [-0.25, -0.2) is 8.78 Å². The van der Waals surface area contributed by atoms with Gasteiger partial charge in [0, 0.05) is 16.0 Å². The zero-order chi connectivity index (χ0) is 36.2. The van der Waals surface area contributed by atoms with E-state index >= 15 is 0 Å². The molecule has 0 fully saturated rings. The van der Waals surface area contributed by atoms with Gasteiger partial charge in [0.2, 0.25) is 0 Å². The summed E-state index contributed by atoms with van der Waals surface area (Å²) < 4.78 is 62.4. The molecule has 14 heteroatoms. The highest BCUT2D eigenvalue weighted by Gasteiger charge is 2.31. The number of halogens is 5. The van der Waals surface area contributed by atoms with Crippen LogP contribution in [-0.2, 0) is 39.8 Å². The zero-order valence-corrected chi connectivity index (χ0v) is 27.1. The van der Waals surface area contributed by atoms with Crippen LogP contribution in [0.1, 0.15) is 59.0 Å². The molecule has 2 aromatic carbocycles. The summed E-state index contributed by atoms with van der Waals surface area (Å²) in [7, 11) is 0. The summed E-state index contributed by atoms with van der Waals surface area (Å²) in [6, 6.07) is 14.6. The molecule has 2 heterocycles. The third-order valence-electron chi connectivity index (χ3n) is 6.44. The second kappa shape index (κ2) is 17.9. The van der Waals surface area contributed by atoms with E-state index in [-0.39, 0.29) is 30.5 Å². The number of hydrogen-bond acceptors (Lipinski definition) is 6. The number of alkyl halides is 3. The summed E-state index contributed by atoms with van der Waals surface area (Å²) in [5.41, 5.74) is 2.24. The van der Waals surface area contributed by atoms with Crippen LogP contribution in [0.2, 0.25) is 0 Å². The minimum absolute atomic E-state index is 0.149. The number of rotatable bonds is 9. The monoisotopic (exact) mass is 692 g/mol. The maximum atomic E-state index is 13.3. The van der Waals surface area contributed by atoms with Crippen LogP contribution in [-0.4, -0.2) is 43.2 Å². The molecule has 0 bridgehead atoms. The molecule has 48 heavy (non-hydrogen) atoms. The lowest BCUT2D eigenvalue weighted by Gasteiger charge is -2.09. The summed E-state index contributed by atoms with van der Waals surface area (Å²) >= 11 is 1.46. The zero-order valence-electron chi connectivity index (χ0n) is 26.3. The SMILES string of the molecule is CC(C)c1ccc(Sc2ccc(F)cc2CC(=O)O)cc1.Cc1cc(C(F)(F)F)cnc1CC(=O)O.Cc1cc(F)cnc1CC(=O)O. The van der Waals surface area contributed by atoms with Gasteiger partial charge in [0.1, 0.15) is 11.6 Å². The maximum absolute atomic E-state index is 13.3. The van der Waals surface area contributed by atoms with Crippen LogP contribution < -0.4 is 0 Å². The van der Waals surface area contributed by atoms with E-state index in [1.165, 1.54) is 42.4 Å². The van der Waals surface area contributed by atoms with Crippen LogP contribution in [0.3, 0.4) is 0 Å². The highest BCUT2D eigenvalue weighted by molar-refractivity contribution is 7.99. The van der Waals surface area contributed by atoms with Crippen LogP contribution in [0.5, 0.6) is 0 Å². The Hall–Kier alpha value is -4.85. The van der Waals surface area contributed by atoms with E-state index < -0.39 is 41.3 Å². The van der Waals surface area contributed by atoms with Gasteiger partial charge in [0.05, 0.1) is 42.4 Å². The van der Waals surface area contributed by atoms with E-state index in [9.17, 15) is 36.3 Å². The molecule has 0 aliphatic heterocycles. The van der Waals surface area contributed by atoms with E-state index in [0.29, 0.717) is 28.9 Å². The highest BCUT2D eigenvalue weighted by atomic mass is 32.2. The number of hydrogen-bond donors (Lipinski definition) is 3. The first-order valence-electron chi connectivity index (χ1n) is 14.2. The van der Waals surface area contributed by atoms with E-state index in [2.05, 4.69) is 35.9 Å². The Morgan fingerprint density at radius 2 is 1.25 bits per heavy atom. The molecule has 0 atom stereocenters. The Morgan fingerprint density at radius 3 is 1.71 bits per heavy atom. The number of carbonyl (C=O) groups is 3. The first-order chi connectivity index (χ1) is 22.3. The van der Waals surface area contributed by atoms with Crippen molar-refractivity contribution < 1.29 is 51.7 Å². The average Bonchev–Trinajstić information content (AvgIpc) is 2.97. The van der Waals surface area contributed by atoms with Gasteiger partial charge in [0.15, 0.2) is 0 Å². The van der Waals surface area contributed by atoms with E-state index in [0.717, 1.165) is 22.1 Å². The normalized spacial score (nSPS) is 10.8. The molecule has 4 rings (SSSR count). The summed E-state index contributed by atoms with van der Waals surface area (Å²) in [6.07, 6.45) is -3.49. The molecule has 0 radical (unpaired) electrons. The molecule has 0 saturated heterocycles. The molecule has 0 saturated carbocycles. The van der Waals surface area contributed by atoms with Crippen LogP contribution >= 0.6 is 11.8 Å². The molecular weight excluding hydrogens is 659 g/mol. The fraction of sp³-hybridized carbons (Fsp3) is 0.265. The lowest BCUT2D eigenvalue weighted by molar-refractivity contribution is -0.138. The second-order valence-electron chi connectivity index (χ2n) is 10.7. The third kappa shape index (κ3) is 13.5. The third-order valence-corrected chi connectivity index (χ3v) is 7.57. The van der Waals surface area contributed by atoms with Crippen molar-refractivity contribution in [1.82, 2.24) is 9.97 Å². The number of nitrogens with zero attached hydrogens (tertiary/aromatic N) is 2. The number of benzene rings is 2. The molecule has 0 amide bonds. The first-order valence-corrected chi connectivity index (χ1v) is 15.0. The Morgan fingerprint density at radius 1 is 0.729 bits per heavy atom. The Balaban J connectivity index is 0.000000262. The quantitative estimate of drug-likeness (QED) is 0.149. The number of carboxylic acids is 3. The minimum Gasteiger partial charge on any atom is -0.481 e. The fourth-order valence-corrected chi connectivity index (χ4v) is 4.90. The molecule has 3 N–H and O–H groups in total. The summed E-state index contributed by atoms with van der Waals surface area (Å²) in [5.74, 6) is -3.43. The Kier molecular flexibility index (Phi) is 14.7. The van der Waals surface area contributed by atoms with Crippen molar-refractivity contribution in [1.29, 1.82) is 0 Å². The Bertz CT molecular complexity index is 1730. The maximum Gasteiger partial charge on any atom is 0.417 e. The van der Waals surface area contributed by atoms with E-state index in [1.54, 1.807) is 13.0 Å². The van der Waals surface area contributed by atoms with Gasteiger partial charge in [-0.3, -0.25) is 24.4 Å². The average molecular weight is 693 g/mol. The largest absolute Gasteiger partial charge is 0.481 e. The lowest BCUT2D eigenvalue weighted by atomic mass is 10.0. The van der Waals surface area contributed by atoms with Crippen molar-refractivity contribution in [3.63, 3.8) is 0 Å². The molecular formula is C34H33F5N2O6S. The molecule has 0 spiro atoms. The topological polar surface area (TPSA) is 138 Å². The molecule has 0 aliphatic carbocycles. The molecule has 256 valence electrons. The number of aliphatic carboxylic acids is 3. The lowest BCUT2D eigenvalue weighted by Crippen LogP contribution is -2.09. The summed E-state index contributed by atoms with van der Waals surface area (Å²) in [4.78, 5) is 40.4. The van der Waals surface area contributed by atoms with Gasteiger partial charge in [0.25, 0.3) is 0 Å². The van der Waals surface area contributed by atoms with Crippen LogP contribution in [0, 0.1) is 25.5 Å². The Labute approximate surface area is 277 Å². The van der Waals surface area contributed by atoms with Gasteiger partial charge >= 0.3 is 24.1 Å². The van der Waals surface area contributed by atoms with Crippen molar-refractivity contribution in [3.8, 4) is 0 Å². The summed E-state index contributed by atoms with van der Waals surface area (Å²) in [6.45, 7) is 7.30. The van der Waals surface area contributed by atoms with Gasteiger partial charge < -0.3 is 15.3 Å². The minimum atomic E-state index is -4.44. The number of aryl methyl sites for hydroxylation is 2. The number of carboxylic acid groups (broad SMARTS) is 3. The molecule has 0 aliphatic rings. The molecule has 8 nitrogen and oxygen atoms in total. The van der Waals surface area contributed by atoms with Crippen molar-refractivity contribution in [2.75, 3.05) is 0 Å². The molecule has 4 aromatic rings. The molecule has 0 unspecified atom stereocenters. The van der Waals surface area contributed by atoms with Crippen LogP contribution in [0.4, 0.5) is 22.0 Å². The second-order valence-corrected chi connectivity index (χ2v) is 11.8. The van der Waals surface area contributed by atoms with Gasteiger partial charge in [-0.05, 0) is 84.5 Å². The smallest absolute Gasteiger partial charge is 0.417 e.